The summed E-state index contributed by atoms with van der Waals surface area (Å²) in [6, 6.07) is 8.25. The van der Waals surface area contributed by atoms with Crippen molar-refractivity contribution in [3.8, 4) is 0 Å². The summed E-state index contributed by atoms with van der Waals surface area (Å²) in [7, 11) is 0. The molecule has 0 aliphatic rings. The zero-order chi connectivity index (χ0) is 19.9. The minimum atomic E-state index is -0.259. The van der Waals surface area contributed by atoms with Crippen molar-refractivity contribution in [2.75, 3.05) is 0 Å². The van der Waals surface area contributed by atoms with Gasteiger partial charge in [-0.15, -0.1) is 0 Å². The van der Waals surface area contributed by atoms with E-state index in [1.165, 1.54) is 18.2 Å². The summed E-state index contributed by atoms with van der Waals surface area (Å²) in [6.45, 7) is 2.04. The van der Waals surface area contributed by atoms with Gasteiger partial charge < -0.3 is 11.1 Å². The van der Waals surface area contributed by atoms with Gasteiger partial charge >= 0.3 is 0 Å². The summed E-state index contributed by atoms with van der Waals surface area (Å²) in [5.41, 5.74) is 9.58. The second kappa shape index (κ2) is 8.94. The van der Waals surface area contributed by atoms with Crippen molar-refractivity contribution >= 4 is 11.9 Å². The highest BCUT2D eigenvalue weighted by Gasteiger charge is 2.13. The first kappa shape index (κ1) is 19.3. The van der Waals surface area contributed by atoms with Crippen LogP contribution in [-0.2, 0) is 12.8 Å². The molecule has 0 aliphatic carbocycles. The Hall–Kier alpha value is -3.48. The van der Waals surface area contributed by atoms with Gasteiger partial charge in [0.1, 0.15) is 11.6 Å². The lowest BCUT2D eigenvalue weighted by atomic mass is 9.97. The molecule has 0 spiro atoms. The molecule has 142 valence electrons. The Bertz CT molecular complexity index is 970. The third kappa shape index (κ3) is 5.03. The van der Waals surface area contributed by atoms with Crippen molar-refractivity contribution in [3.05, 3.63) is 89.3 Å². The summed E-state index contributed by atoms with van der Waals surface area (Å²) < 4.78 is 13.2. The molecule has 0 bridgehead atoms. The summed E-state index contributed by atoms with van der Waals surface area (Å²) in [6.07, 6.45) is 8.64. The summed E-state index contributed by atoms with van der Waals surface area (Å²) in [5, 5.41) is 7.24. The Morgan fingerprint density at radius 1 is 1.18 bits per heavy atom. The molecule has 1 atom stereocenters. The lowest BCUT2D eigenvalue weighted by Gasteiger charge is -2.13. The lowest BCUT2D eigenvalue weighted by molar-refractivity contribution is 0.624. The summed E-state index contributed by atoms with van der Waals surface area (Å²) in [5.74, 6) is 0.479. The molecular formula is C21H21FN6. The van der Waals surface area contributed by atoms with E-state index in [1.54, 1.807) is 36.8 Å². The van der Waals surface area contributed by atoms with E-state index in [0.717, 1.165) is 23.2 Å². The molecule has 2 aromatic heterocycles. The van der Waals surface area contributed by atoms with Crippen LogP contribution >= 0.6 is 0 Å². The predicted molar refractivity (Wildman–Crippen MR) is 106 cm³/mol. The van der Waals surface area contributed by atoms with Crippen LogP contribution < -0.4 is 5.73 Å². The van der Waals surface area contributed by atoms with Gasteiger partial charge in [0, 0.05) is 37.6 Å². The van der Waals surface area contributed by atoms with Crippen molar-refractivity contribution in [1.29, 1.82) is 5.41 Å². The molecule has 3 N–H and O–H groups in total. The van der Waals surface area contributed by atoms with E-state index in [-0.39, 0.29) is 11.7 Å². The molecule has 0 radical (unpaired) electrons. The van der Waals surface area contributed by atoms with Gasteiger partial charge in [-0.3, -0.25) is 9.97 Å². The number of nitrogens with two attached hydrogens (primary N) is 1. The number of hydrogen-bond donors (Lipinski definition) is 2. The van der Waals surface area contributed by atoms with Crippen LogP contribution in [0.2, 0.25) is 0 Å². The largest absolute Gasteiger partial charge is 0.397 e. The highest BCUT2D eigenvalue weighted by molar-refractivity contribution is 5.80. The SMILES string of the molecule is C[C@H](Cc1nc(Cc2cnccn2)cc(/C(N)=C/C=N)n1)c1ccc(F)cc1. The molecule has 6 nitrogen and oxygen atoms in total. The molecule has 28 heavy (non-hydrogen) atoms. The van der Waals surface area contributed by atoms with E-state index in [9.17, 15) is 4.39 Å². The minimum absolute atomic E-state index is 0.105. The number of halogens is 1. The number of hydrogen-bond acceptors (Lipinski definition) is 6. The fourth-order valence-electron chi connectivity index (χ4n) is 2.85. The van der Waals surface area contributed by atoms with Crippen molar-refractivity contribution in [2.45, 2.75) is 25.7 Å². The topological polar surface area (TPSA) is 101 Å². The van der Waals surface area contributed by atoms with Gasteiger partial charge in [-0.2, -0.15) is 0 Å². The third-order valence-electron chi connectivity index (χ3n) is 4.29. The molecule has 2 heterocycles. The van der Waals surface area contributed by atoms with E-state index in [2.05, 4.69) is 19.9 Å². The number of aromatic nitrogens is 4. The van der Waals surface area contributed by atoms with Gasteiger partial charge in [0.25, 0.3) is 0 Å². The number of nitrogens with zero attached hydrogens (tertiary/aromatic N) is 4. The van der Waals surface area contributed by atoms with Gasteiger partial charge in [-0.1, -0.05) is 19.1 Å². The first-order valence-electron chi connectivity index (χ1n) is 8.89. The van der Waals surface area contributed by atoms with E-state index in [4.69, 9.17) is 11.1 Å². The lowest BCUT2D eigenvalue weighted by Crippen LogP contribution is -2.10. The van der Waals surface area contributed by atoms with E-state index in [1.807, 2.05) is 6.92 Å². The highest BCUT2D eigenvalue weighted by Crippen LogP contribution is 2.21. The second-order valence-corrected chi connectivity index (χ2v) is 6.48. The van der Waals surface area contributed by atoms with E-state index in [0.29, 0.717) is 30.1 Å². The Morgan fingerprint density at radius 2 is 1.96 bits per heavy atom. The van der Waals surface area contributed by atoms with Gasteiger partial charge in [0.15, 0.2) is 0 Å². The fraction of sp³-hybridized carbons (Fsp3) is 0.190. The molecular weight excluding hydrogens is 355 g/mol. The maximum Gasteiger partial charge on any atom is 0.129 e. The Morgan fingerprint density at radius 3 is 2.64 bits per heavy atom. The fourth-order valence-corrected chi connectivity index (χ4v) is 2.85. The maximum absolute atomic E-state index is 13.2. The second-order valence-electron chi connectivity index (χ2n) is 6.48. The average Bonchev–Trinajstić information content (AvgIpc) is 2.69. The van der Waals surface area contributed by atoms with Crippen LogP contribution in [0.25, 0.3) is 5.70 Å². The van der Waals surface area contributed by atoms with Crippen LogP contribution in [0.4, 0.5) is 4.39 Å². The van der Waals surface area contributed by atoms with Crippen LogP contribution in [0.5, 0.6) is 0 Å². The third-order valence-corrected chi connectivity index (χ3v) is 4.29. The van der Waals surface area contributed by atoms with Gasteiger partial charge in [0.2, 0.25) is 0 Å². The molecule has 1 aromatic carbocycles. The summed E-state index contributed by atoms with van der Waals surface area (Å²) >= 11 is 0. The van der Waals surface area contributed by atoms with Crippen molar-refractivity contribution in [3.63, 3.8) is 0 Å². The molecule has 0 fully saturated rings. The van der Waals surface area contributed by atoms with Crippen molar-refractivity contribution in [2.24, 2.45) is 5.73 Å². The van der Waals surface area contributed by atoms with Crippen LogP contribution in [0.3, 0.4) is 0 Å². The van der Waals surface area contributed by atoms with Crippen LogP contribution in [0, 0.1) is 11.2 Å². The molecule has 0 saturated carbocycles. The quantitative estimate of drug-likeness (QED) is 0.616. The van der Waals surface area contributed by atoms with Gasteiger partial charge in [-0.25, -0.2) is 14.4 Å². The minimum Gasteiger partial charge on any atom is -0.397 e. The molecule has 0 amide bonds. The van der Waals surface area contributed by atoms with E-state index < -0.39 is 0 Å². The monoisotopic (exact) mass is 376 g/mol. The number of allylic oxidation sites excluding steroid dienone is 1. The van der Waals surface area contributed by atoms with Crippen LogP contribution in [-0.4, -0.2) is 26.2 Å². The first-order valence-corrected chi connectivity index (χ1v) is 8.89. The van der Waals surface area contributed by atoms with E-state index >= 15 is 0 Å². The maximum atomic E-state index is 13.2. The number of rotatable bonds is 7. The molecule has 3 aromatic rings. The van der Waals surface area contributed by atoms with Gasteiger partial charge in [0.05, 0.1) is 22.8 Å². The van der Waals surface area contributed by atoms with Crippen LogP contribution in [0.15, 0.2) is 55.0 Å². The molecule has 3 rings (SSSR count). The first-order chi connectivity index (χ1) is 13.5. The standard InChI is InChI=1S/C21H21FN6/c1-14(15-2-4-16(22)5-3-15)10-21-27-17(11-18-13-25-8-9-26-18)12-20(28-21)19(24)6-7-23/h2-9,12-14,23H,10-11,24H2,1H3/b19-6-,23-7?/t14-/m1/s1. The zero-order valence-electron chi connectivity index (χ0n) is 15.5. The zero-order valence-corrected chi connectivity index (χ0v) is 15.5. The predicted octanol–water partition coefficient (Wildman–Crippen LogP) is 3.29. The van der Waals surface area contributed by atoms with Crippen LogP contribution in [0.1, 0.15) is 41.3 Å². The smallest absolute Gasteiger partial charge is 0.129 e. The summed E-state index contributed by atoms with van der Waals surface area (Å²) in [4.78, 5) is 17.6. The highest BCUT2D eigenvalue weighted by atomic mass is 19.1. The molecule has 0 unspecified atom stereocenters. The van der Waals surface area contributed by atoms with Crippen molar-refractivity contribution < 1.29 is 4.39 Å². The normalized spacial score (nSPS) is 12.6. The van der Waals surface area contributed by atoms with Gasteiger partial charge in [-0.05, 0) is 35.8 Å². The van der Waals surface area contributed by atoms with Crippen molar-refractivity contribution in [1.82, 2.24) is 19.9 Å². The Kier molecular flexibility index (Phi) is 6.16. The molecule has 7 heteroatoms. The molecule has 0 saturated heterocycles. The number of nitrogens with one attached hydrogen (secondary N) is 1. The molecule has 0 aliphatic heterocycles. The Labute approximate surface area is 162 Å². The Balaban J connectivity index is 1.91. The number of benzene rings is 1. The average molecular weight is 376 g/mol.